The normalized spacial score (nSPS) is 12.6. The molecular weight excluding hydrogens is 246 g/mol. The Morgan fingerprint density at radius 2 is 2.28 bits per heavy atom. The van der Waals surface area contributed by atoms with Gasteiger partial charge in [-0.05, 0) is 29.7 Å². The summed E-state index contributed by atoms with van der Waals surface area (Å²) in [5.74, 6) is 0.476. The van der Waals surface area contributed by atoms with E-state index in [1.165, 1.54) is 0 Å². The Morgan fingerprint density at radius 1 is 1.44 bits per heavy atom. The van der Waals surface area contributed by atoms with E-state index in [1.54, 1.807) is 24.7 Å². The van der Waals surface area contributed by atoms with Gasteiger partial charge in [0.15, 0.2) is 10.6 Å². The van der Waals surface area contributed by atoms with Crippen LogP contribution in [-0.4, -0.2) is 14.1 Å². The molecule has 0 radical (unpaired) electrons. The van der Waals surface area contributed by atoms with Crippen LogP contribution in [0.2, 0.25) is 0 Å². The first-order valence-electron chi connectivity index (χ1n) is 5.93. The Kier molecular flexibility index (Phi) is 4.28. The minimum absolute atomic E-state index is 0.476. The zero-order valence-corrected chi connectivity index (χ0v) is 11.2. The molecule has 0 aliphatic rings. The molecule has 2 aromatic rings. The fourth-order valence-electron chi connectivity index (χ4n) is 1.78. The summed E-state index contributed by atoms with van der Waals surface area (Å²) in [4.78, 5) is 4.87. The lowest BCUT2D eigenvalue weighted by atomic mass is 10.3. The zero-order valence-electron chi connectivity index (χ0n) is 10.4. The zero-order chi connectivity index (χ0) is 13.0. The fraction of sp³-hybridized carbons (Fsp3) is 0.308. The molecule has 0 aliphatic heterocycles. The Bertz CT molecular complexity index is 512. The van der Waals surface area contributed by atoms with E-state index < -0.39 is 11.2 Å². The summed E-state index contributed by atoms with van der Waals surface area (Å²) in [7, 11) is 0. The average molecular weight is 263 g/mol. The number of rotatable bonds is 5. The third-order valence-electron chi connectivity index (χ3n) is 2.66. The number of aromatic nitrogens is 2. The molecule has 0 amide bonds. The molecule has 1 aromatic carbocycles. The molecule has 0 fully saturated rings. The largest absolute Gasteiger partial charge is 0.611 e. The van der Waals surface area contributed by atoms with Gasteiger partial charge in [-0.15, -0.1) is 0 Å². The topological polar surface area (TPSA) is 66.9 Å². The second-order valence-corrected chi connectivity index (χ2v) is 5.59. The van der Waals surface area contributed by atoms with E-state index in [4.69, 9.17) is 5.73 Å². The molecule has 2 rings (SSSR count). The summed E-state index contributed by atoms with van der Waals surface area (Å²) in [5.41, 5.74) is 7.33. The molecule has 1 unspecified atom stereocenters. The lowest BCUT2D eigenvalue weighted by Gasteiger charge is -2.12. The summed E-state index contributed by atoms with van der Waals surface area (Å²) in [6.45, 7) is 3.02. The molecule has 1 atom stereocenters. The first-order chi connectivity index (χ1) is 8.70. The van der Waals surface area contributed by atoms with Crippen molar-refractivity contribution in [2.75, 3.05) is 5.73 Å². The van der Waals surface area contributed by atoms with Crippen LogP contribution >= 0.6 is 0 Å². The van der Waals surface area contributed by atoms with E-state index in [9.17, 15) is 4.55 Å². The number of hydrogen-bond donors (Lipinski definition) is 1. The number of nitrogens with two attached hydrogens (primary N) is 1. The van der Waals surface area contributed by atoms with Gasteiger partial charge in [0.05, 0.1) is 18.2 Å². The maximum Gasteiger partial charge on any atom is 0.155 e. The summed E-state index contributed by atoms with van der Waals surface area (Å²) < 4.78 is 14.3. The summed E-state index contributed by atoms with van der Waals surface area (Å²) in [6.07, 6.45) is 4.60. The van der Waals surface area contributed by atoms with Gasteiger partial charge < -0.3 is 14.9 Å². The van der Waals surface area contributed by atoms with Crippen molar-refractivity contribution in [3.8, 4) is 0 Å². The van der Waals surface area contributed by atoms with Crippen LogP contribution in [0.5, 0.6) is 0 Å². The number of imidazole rings is 1. The maximum atomic E-state index is 12.2. The van der Waals surface area contributed by atoms with Gasteiger partial charge in [0.25, 0.3) is 0 Å². The van der Waals surface area contributed by atoms with E-state index in [1.807, 2.05) is 16.7 Å². The molecule has 18 heavy (non-hydrogen) atoms. The number of nitrogens with zero attached hydrogens (tertiary/aromatic N) is 2. The smallest absolute Gasteiger partial charge is 0.155 e. The predicted octanol–water partition coefficient (Wildman–Crippen LogP) is 2.18. The van der Waals surface area contributed by atoms with Crippen molar-refractivity contribution in [3.05, 3.63) is 42.5 Å². The van der Waals surface area contributed by atoms with Crippen molar-refractivity contribution < 1.29 is 4.55 Å². The molecule has 0 saturated heterocycles. The minimum atomic E-state index is -1.08. The van der Waals surface area contributed by atoms with E-state index in [-0.39, 0.29) is 0 Å². The first kappa shape index (κ1) is 13.0. The molecule has 1 aromatic heterocycles. The van der Waals surface area contributed by atoms with Crippen LogP contribution in [-0.2, 0) is 23.5 Å². The highest BCUT2D eigenvalue weighted by atomic mass is 32.2. The van der Waals surface area contributed by atoms with Gasteiger partial charge in [0.2, 0.25) is 0 Å². The van der Waals surface area contributed by atoms with Crippen LogP contribution in [0.15, 0.2) is 41.7 Å². The number of anilines is 1. The highest BCUT2D eigenvalue weighted by Gasteiger charge is 2.14. The molecule has 0 spiro atoms. The second-order valence-electron chi connectivity index (χ2n) is 4.14. The minimum Gasteiger partial charge on any atom is -0.611 e. The number of hydrogen-bond acceptors (Lipinski definition) is 3. The van der Waals surface area contributed by atoms with E-state index in [0.717, 1.165) is 23.6 Å². The molecule has 5 heteroatoms. The average Bonchev–Trinajstić information content (AvgIpc) is 2.77. The molecular formula is C13H17N3OS. The predicted molar refractivity (Wildman–Crippen MR) is 73.5 cm³/mol. The van der Waals surface area contributed by atoms with Gasteiger partial charge in [0.1, 0.15) is 0 Å². The van der Waals surface area contributed by atoms with Crippen molar-refractivity contribution in [1.29, 1.82) is 0 Å². The molecule has 0 aliphatic carbocycles. The fourth-order valence-corrected chi connectivity index (χ4v) is 2.96. The molecule has 2 N–H and O–H groups in total. The van der Waals surface area contributed by atoms with E-state index >= 15 is 0 Å². The molecule has 0 bridgehead atoms. The summed E-state index contributed by atoms with van der Waals surface area (Å²) in [6, 6.07) is 7.22. The van der Waals surface area contributed by atoms with Crippen LogP contribution < -0.4 is 5.73 Å². The third kappa shape index (κ3) is 3.05. The Balaban J connectivity index is 2.11. The van der Waals surface area contributed by atoms with Crippen LogP contribution in [0.4, 0.5) is 5.69 Å². The Labute approximate surface area is 110 Å². The quantitative estimate of drug-likeness (QED) is 0.664. The lowest BCUT2D eigenvalue weighted by molar-refractivity contribution is 0.589. The van der Waals surface area contributed by atoms with E-state index in [2.05, 4.69) is 11.9 Å². The summed E-state index contributed by atoms with van der Waals surface area (Å²) in [5, 5.41) is 0. The van der Waals surface area contributed by atoms with Crippen molar-refractivity contribution in [2.24, 2.45) is 0 Å². The van der Waals surface area contributed by atoms with Crippen LogP contribution in [0.3, 0.4) is 0 Å². The van der Waals surface area contributed by atoms with Gasteiger partial charge in [-0.2, -0.15) is 0 Å². The van der Waals surface area contributed by atoms with Crippen LogP contribution in [0.1, 0.15) is 19.0 Å². The van der Waals surface area contributed by atoms with Crippen LogP contribution in [0.25, 0.3) is 0 Å². The van der Waals surface area contributed by atoms with Gasteiger partial charge in [-0.25, -0.2) is 4.98 Å². The van der Waals surface area contributed by atoms with E-state index in [0.29, 0.717) is 11.4 Å². The van der Waals surface area contributed by atoms with Crippen molar-refractivity contribution >= 4 is 16.9 Å². The Morgan fingerprint density at radius 3 is 3.00 bits per heavy atom. The second kappa shape index (κ2) is 5.93. The van der Waals surface area contributed by atoms with Gasteiger partial charge >= 0.3 is 0 Å². The molecule has 4 nitrogen and oxygen atoms in total. The molecule has 0 saturated carbocycles. The summed E-state index contributed by atoms with van der Waals surface area (Å²) >= 11 is -1.08. The van der Waals surface area contributed by atoms with Gasteiger partial charge in [-0.1, -0.05) is 13.0 Å². The number of aryl methyl sites for hydroxylation is 1. The Hall–Kier alpha value is -1.46. The van der Waals surface area contributed by atoms with Crippen molar-refractivity contribution in [2.45, 2.75) is 30.5 Å². The number of benzene rings is 1. The lowest BCUT2D eigenvalue weighted by Crippen LogP contribution is -2.10. The first-order valence-corrected chi connectivity index (χ1v) is 7.25. The van der Waals surface area contributed by atoms with Crippen LogP contribution in [0, 0.1) is 0 Å². The molecule has 1 heterocycles. The third-order valence-corrected chi connectivity index (χ3v) is 4.00. The number of nitrogen functional groups attached to an aromatic ring is 1. The SMILES string of the molecule is CCCn1cncc1C[S+]([O-])c1cccc(N)c1. The monoisotopic (exact) mass is 263 g/mol. The van der Waals surface area contributed by atoms with Crippen molar-refractivity contribution in [1.82, 2.24) is 9.55 Å². The standard InChI is InChI=1S/C13H17N3OS/c1-2-6-16-10-15-8-12(16)9-18(17)13-5-3-4-11(14)7-13/h3-5,7-8,10H,2,6,9,14H2,1H3. The van der Waals surface area contributed by atoms with Crippen molar-refractivity contribution in [3.63, 3.8) is 0 Å². The van der Waals surface area contributed by atoms with Gasteiger partial charge in [-0.3, -0.25) is 0 Å². The highest BCUT2D eigenvalue weighted by Crippen LogP contribution is 2.18. The maximum absolute atomic E-state index is 12.2. The van der Waals surface area contributed by atoms with Gasteiger partial charge in [0, 0.05) is 18.3 Å². The highest BCUT2D eigenvalue weighted by molar-refractivity contribution is 7.90. The molecule has 96 valence electrons.